The molecule has 0 aliphatic rings. The Morgan fingerprint density at radius 3 is 3.06 bits per heavy atom. The van der Waals surface area contributed by atoms with Crippen molar-refractivity contribution in [2.45, 2.75) is 13.1 Å². The Hall–Kier alpha value is -2.02. The van der Waals surface area contributed by atoms with Crippen molar-refractivity contribution in [2.24, 2.45) is 0 Å². The Morgan fingerprint density at radius 2 is 2.24 bits per heavy atom. The highest BCUT2D eigenvalue weighted by Crippen LogP contribution is 2.11. The Balaban J connectivity index is 1.94. The molecule has 86 valence electrons. The van der Waals surface area contributed by atoms with Gasteiger partial charge in [-0.3, -0.25) is 9.67 Å². The third-order valence-electron chi connectivity index (χ3n) is 2.60. The minimum absolute atomic E-state index is 0.702. The molecule has 0 aliphatic heterocycles. The summed E-state index contributed by atoms with van der Waals surface area (Å²) < 4.78 is 4.52. The van der Waals surface area contributed by atoms with Crippen molar-refractivity contribution in [3.63, 3.8) is 0 Å². The molecule has 0 aromatic carbocycles. The SMILES string of the molecule is S=c1[nH]c2cnccc2n1CCn1ccnn1. The fourth-order valence-electron chi connectivity index (χ4n) is 1.79. The molecule has 6 nitrogen and oxygen atoms in total. The van der Waals surface area contributed by atoms with Crippen LogP contribution in [0.25, 0.3) is 11.0 Å². The maximum absolute atomic E-state index is 5.28. The van der Waals surface area contributed by atoms with E-state index in [0.29, 0.717) is 4.77 Å². The molecular weight excluding hydrogens is 236 g/mol. The Bertz CT molecular complexity index is 680. The van der Waals surface area contributed by atoms with Gasteiger partial charge in [-0.05, 0) is 18.3 Å². The number of aryl methyl sites for hydroxylation is 2. The van der Waals surface area contributed by atoms with Gasteiger partial charge in [0.2, 0.25) is 0 Å². The summed E-state index contributed by atoms with van der Waals surface area (Å²) in [6.07, 6.45) is 7.03. The minimum atomic E-state index is 0.702. The molecule has 17 heavy (non-hydrogen) atoms. The smallest absolute Gasteiger partial charge is 0.178 e. The van der Waals surface area contributed by atoms with E-state index in [1.54, 1.807) is 23.3 Å². The average Bonchev–Trinajstić information content (AvgIpc) is 2.93. The van der Waals surface area contributed by atoms with Gasteiger partial charge in [-0.15, -0.1) is 5.10 Å². The second-order valence-electron chi connectivity index (χ2n) is 3.64. The predicted molar refractivity (Wildman–Crippen MR) is 64.9 cm³/mol. The fourth-order valence-corrected chi connectivity index (χ4v) is 2.09. The number of rotatable bonds is 3. The van der Waals surface area contributed by atoms with Crippen LogP contribution in [0.5, 0.6) is 0 Å². The molecule has 0 bridgehead atoms. The van der Waals surface area contributed by atoms with Crippen LogP contribution in [0.4, 0.5) is 0 Å². The highest BCUT2D eigenvalue weighted by atomic mass is 32.1. The van der Waals surface area contributed by atoms with Gasteiger partial charge in [0, 0.05) is 18.9 Å². The Labute approximate surface area is 102 Å². The molecule has 3 heterocycles. The van der Waals surface area contributed by atoms with Crippen LogP contribution in [0.3, 0.4) is 0 Å². The molecule has 3 rings (SSSR count). The monoisotopic (exact) mass is 246 g/mol. The first kappa shape index (κ1) is 10.2. The molecule has 3 aromatic heterocycles. The summed E-state index contributed by atoms with van der Waals surface area (Å²) in [5.74, 6) is 0. The van der Waals surface area contributed by atoms with Crippen molar-refractivity contribution in [3.8, 4) is 0 Å². The number of hydrogen-bond acceptors (Lipinski definition) is 4. The maximum Gasteiger partial charge on any atom is 0.178 e. The summed E-state index contributed by atoms with van der Waals surface area (Å²) in [7, 11) is 0. The predicted octanol–water partition coefficient (Wildman–Crippen LogP) is 1.39. The lowest BCUT2D eigenvalue weighted by Gasteiger charge is -2.03. The Kier molecular flexibility index (Phi) is 2.45. The van der Waals surface area contributed by atoms with Crippen LogP contribution in [-0.4, -0.2) is 29.5 Å². The summed E-state index contributed by atoms with van der Waals surface area (Å²) in [4.78, 5) is 7.19. The second kappa shape index (κ2) is 4.10. The summed E-state index contributed by atoms with van der Waals surface area (Å²) in [5, 5.41) is 7.69. The van der Waals surface area contributed by atoms with Crippen LogP contribution >= 0.6 is 12.2 Å². The van der Waals surface area contributed by atoms with E-state index in [0.717, 1.165) is 24.1 Å². The van der Waals surface area contributed by atoms with Gasteiger partial charge in [0.15, 0.2) is 4.77 Å². The first-order valence-electron chi connectivity index (χ1n) is 5.21. The number of nitrogens with one attached hydrogen (secondary N) is 1. The molecule has 7 heteroatoms. The number of hydrogen-bond donors (Lipinski definition) is 1. The summed E-state index contributed by atoms with van der Waals surface area (Å²) in [6.45, 7) is 1.50. The van der Waals surface area contributed by atoms with Crippen LogP contribution in [0.2, 0.25) is 0 Å². The van der Waals surface area contributed by atoms with Gasteiger partial charge < -0.3 is 9.55 Å². The van der Waals surface area contributed by atoms with Gasteiger partial charge in [-0.25, -0.2) is 0 Å². The first-order valence-corrected chi connectivity index (χ1v) is 5.62. The maximum atomic E-state index is 5.28. The zero-order valence-corrected chi connectivity index (χ0v) is 9.76. The second-order valence-corrected chi connectivity index (χ2v) is 4.03. The highest BCUT2D eigenvalue weighted by Gasteiger charge is 2.03. The molecule has 0 saturated heterocycles. The van der Waals surface area contributed by atoms with Gasteiger partial charge in [0.25, 0.3) is 0 Å². The van der Waals surface area contributed by atoms with Crippen molar-refractivity contribution in [2.75, 3.05) is 0 Å². The molecule has 0 aliphatic carbocycles. The third kappa shape index (κ3) is 1.84. The van der Waals surface area contributed by atoms with Crippen molar-refractivity contribution in [1.82, 2.24) is 29.5 Å². The van der Waals surface area contributed by atoms with E-state index < -0.39 is 0 Å². The number of fused-ring (bicyclic) bond motifs is 1. The normalized spacial score (nSPS) is 11.1. The van der Waals surface area contributed by atoms with E-state index in [1.807, 2.05) is 16.8 Å². The lowest BCUT2D eigenvalue weighted by Crippen LogP contribution is -2.08. The van der Waals surface area contributed by atoms with Gasteiger partial charge in [0.1, 0.15) is 0 Å². The van der Waals surface area contributed by atoms with E-state index >= 15 is 0 Å². The van der Waals surface area contributed by atoms with Crippen LogP contribution in [0.1, 0.15) is 0 Å². The molecular formula is C10H10N6S. The standard InChI is InChI=1S/C10H10N6S/c17-10-13-8-7-11-2-1-9(8)16(10)6-5-15-4-3-12-14-15/h1-4,7H,5-6H2,(H,13,17). The first-order chi connectivity index (χ1) is 8.34. The van der Waals surface area contributed by atoms with Crippen molar-refractivity contribution >= 4 is 23.3 Å². The Morgan fingerprint density at radius 1 is 1.29 bits per heavy atom. The number of imidazole rings is 1. The number of nitrogens with zero attached hydrogens (tertiary/aromatic N) is 5. The molecule has 0 atom stereocenters. The molecule has 0 saturated carbocycles. The number of aromatic amines is 1. The van der Waals surface area contributed by atoms with Gasteiger partial charge in [-0.1, -0.05) is 5.21 Å². The molecule has 0 amide bonds. The lowest BCUT2D eigenvalue weighted by atomic mass is 10.4. The fraction of sp³-hybridized carbons (Fsp3) is 0.200. The van der Waals surface area contributed by atoms with Gasteiger partial charge >= 0.3 is 0 Å². The van der Waals surface area contributed by atoms with Crippen LogP contribution in [-0.2, 0) is 13.1 Å². The molecule has 0 spiro atoms. The van der Waals surface area contributed by atoms with Crippen molar-refractivity contribution < 1.29 is 0 Å². The van der Waals surface area contributed by atoms with E-state index in [1.165, 1.54) is 0 Å². The van der Waals surface area contributed by atoms with E-state index in [2.05, 4.69) is 20.3 Å². The zero-order chi connectivity index (χ0) is 11.7. The van der Waals surface area contributed by atoms with Gasteiger partial charge in [-0.2, -0.15) is 0 Å². The molecule has 0 fully saturated rings. The number of aromatic nitrogens is 6. The number of H-pyrrole nitrogens is 1. The summed E-state index contributed by atoms with van der Waals surface area (Å²) in [5.41, 5.74) is 2.02. The lowest BCUT2D eigenvalue weighted by molar-refractivity contribution is 0.523. The topological polar surface area (TPSA) is 64.3 Å². The van der Waals surface area contributed by atoms with E-state index in [9.17, 15) is 0 Å². The molecule has 3 aromatic rings. The molecule has 0 unspecified atom stereocenters. The van der Waals surface area contributed by atoms with Gasteiger partial charge in [0.05, 0.1) is 30.0 Å². The van der Waals surface area contributed by atoms with E-state index in [-0.39, 0.29) is 0 Å². The average molecular weight is 246 g/mol. The zero-order valence-electron chi connectivity index (χ0n) is 8.95. The summed E-state index contributed by atoms with van der Waals surface area (Å²) in [6, 6.07) is 1.95. The van der Waals surface area contributed by atoms with Crippen molar-refractivity contribution in [3.05, 3.63) is 35.6 Å². The molecule has 0 radical (unpaired) electrons. The minimum Gasteiger partial charge on any atom is -0.329 e. The third-order valence-corrected chi connectivity index (χ3v) is 2.92. The van der Waals surface area contributed by atoms with Crippen molar-refractivity contribution in [1.29, 1.82) is 0 Å². The summed E-state index contributed by atoms with van der Waals surface area (Å²) >= 11 is 5.28. The number of pyridine rings is 1. The highest BCUT2D eigenvalue weighted by molar-refractivity contribution is 7.71. The van der Waals surface area contributed by atoms with Crippen LogP contribution < -0.4 is 0 Å². The van der Waals surface area contributed by atoms with Crippen LogP contribution in [0, 0.1) is 4.77 Å². The quantitative estimate of drug-likeness (QED) is 0.709. The largest absolute Gasteiger partial charge is 0.329 e. The van der Waals surface area contributed by atoms with E-state index in [4.69, 9.17) is 12.2 Å². The van der Waals surface area contributed by atoms with Crippen LogP contribution in [0.15, 0.2) is 30.9 Å². The molecule has 1 N–H and O–H groups in total.